The van der Waals surface area contributed by atoms with Gasteiger partial charge in [-0.05, 0) is 36.1 Å². The van der Waals surface area contributed by atoms with Gasteiger partial charge in [0, 0.05) is 30.5 Å². The van der Waals surface area contributed by atoms with Crippen molar-refractivity contribution in [2.75, 3.05) is 18.6 Å². The molecule has 1 N–H and O–H groups in total. The average molecular weight is 451 g/mol. The minimum atomic E-state index is 0.0531. The van der Waals surface area contributed by atoms with E-state index in [-0.39, 0.29) is 12.5 Å². The van der Waals surface area contributed by atoms with Gasteiger partial charge in [-0.15, -0.1) is 0 Å². The van der Waals surface area contributed by atoms with Crippen LogP contribution in [-0.4, -0.2) is 35.0 Å². The number of carbonyl (C=O) groups excluding carboxylic acids is 1. The van der Waals surface area contributed by atoms with E-state index in [2.05, 4.69) is 21.8 Å². The number of rotatable bonds is 9. The summed E-state index contributed by atoms with van der Waals surface area (Å²) >= 11 is 1.35. The molecule has 1 fully saturated rings. The Kier molecular flexibility index (Phi) is 7.72. The van der Waals surface area contributed by atoms with Crippen LogP contribution in [0.5, 0.6) is 5.75 Å². The van der Waals surface area contributed by atoms with Crippen LogP contribution in [0.25, 0.3) is 0 Å². The van der Waals surface area contributed by atoms with E-state index in [1.54, 1.807) is 7.11 Å². The van der Waals surface area contributed by atoms with Gasteiger partial charge in [-0.25, -0.2) is 4.98 Å². The van der Waals surface area contributed by atoms with Crippen LogP contribution < -0.4 is 15.0 Å². The Morgan fingerprint density at radius 2 is 1.88 bits per heavy atom. The Bertz CT molecular complexity index is 1000. The Morgan fingerprint density at radius 3 is 2.66 bits per heavy atom. The van der Waals surface area contributed by atoms with Crippen molar-refractivity contribution in [3.63, 3.8) is 0 Å². The molecule has 168 valence electrons. The van der Waals surface area contributed by atoms with Gasteiger partial charge in [0.05, 0.1) is 13.7 Å². The number of aromatic nitrogens is 2. The monoisotopic (exact) mass is 450 g/mol. The molecule has 3 aromatic rings. The highest BCUT2D eigenvalue weighted by Crippen LogP contribution is 2.23. The molecule has 0 aliphatic heterocycles. The molecule has 0 saturated heterocycles. The highest BCUT2D eigenvalue weighted by Gasteiger charge is 2.20. The second kappa shape index (κ2) is 11.1. The molecule has 1 aliphatic rings. The second-order valence-electron chi connectivity index (χ2n) is 8.27. The zero-order chi connectivity index (χ0) is 22.2. The quantitative estimate of drug-likeness (QED) is 0.516. The summed E-state index contributed by atoms with van der Waals surface area (Å²) in [5.41, 5.74) is 2.24. The minimum absolute atomic E-state index is 0.0531. The van der Waals surface area contributed by atoms with Crippen LogP contribution in [0.4, 0.5) is 5.13 Å². The van der Waals surface area contributed by atoms with Crippen molar-refractivity contribution < 1.29 is 9.53 Å². The van der Waals surface area contributed by atoms with Crippen LogP contribution in [-0.2, 0) is 17.8 Å². The zero-order valence-corrected chi connectivity index (χ0v) is 19.3. The molecule has 1 saturated carbocycles. The molecular weight excluding hydrogens is 420 g/mol. The van der Waals surface area contributed by atoms with E-state index in [0.717, 1.165) is 40.7 Å². The number of anilines is 1. The summed E-state index contributed by atoms with van der Waals surface area (Å²) in [4.78, 5) is 19.6. The molecule has 7 heteroatoms. The maximum absolute atomic E-state index is 12.8. The fraction of sp³-hybridized carbons (Fsp3) is 0.400. The number of nitrogens with zero attached hydrogens (tertiary/aromatic N) is 3. The molecule has 0 atom stereocenters. The number of benzene rings is 2. The average Bonchev–Trinajstić information content (AvgIpc) is 3.28. The van der Waals surface area contributed by atoms with Gasteiger partial charge in [0.25, 0.3) is 0 Å². The summed E-state index contributed by atoms with van der Waals surface area (Å²) in [5.74, 6) is 1.63. The molecular formula is C25H30N4O2S. The maximum atomic E-state index is 12.8. The van der Waals surface area contributed by atoms with Crippen LogP contribution in [0.1, 0.15) is 49.1 Å². The van der Waals surface area contributed by atoms with Gasteiger partial charge in [-0.2, -0.15) is 4.37 Å². The third-order valence-corrected chi connectivity index (χ3v) is 6.56. The van der Waals surface area contributed by atoms with Gasteiger partial charge in [0.15, 0.2) is 0 Å². The zero-order valence-electron chi connectivity index (χ0n) is 18.5. The lowest BCUT2D eigenvalue weighted by Gasteiger charge is -2.25. The van der Waals surface area contributed by atoms with Crippen LogP contribution in [0, 0.1) is 0 Å². The number of carbonyl (C=O) groups is 1. The molecule has 2 aromatic carbocycles. The van der Waals surface area contributed by atoms with Gasteiger partial charge in [-0.1, -0.05) is 61.7 Å². The fourth-order valence-electron chi connectivity index (χ4n) is 4.10. The van der Waals surface area contributed by atoms with Crippen molar-refractivity contribution >= 4 is 22.6 Å². The molecule has 1 amide bonds. The summed E-state index contributed by atoms with van der Waals surface area (Å²) < 4.78 is 9.89. The Balaban J connectivity index is 1.47. The number of ether oxygens (including phenoxy) is 1. The summed E-state index contributed by atoms with van der Waals surface area (Å²) in [5, 5.41) is 4.00. The number of hydrogen-bond acceptors (Lipinski definition) is 6. The summed E-state index contributed by atoms with van der Waals surface area (Å²) in [6.07, 6.45) is 6.45. The van der Waals surface area contributed by atoms with Crippen LogP contribution in [0.2, 0.25) is 0 Å². The normalized spacial score (nSPS) is 14.2. The van der Waals surface area contributed by atoms with E-state index < -0.39 is 0 Å². The van der Waals surface area contributed by atoms with Crippen molar-refractivity contribution in [1.82, 2.24) is 14.7 Å². The molecule has 1 heterocycles. The van der Waals surface area contributed by atoms with E-state index in [1.807, 2.05) is 47.4 Å². The van der Waals surface area contributed by atoms with Crippen molar-refractivity contribution in [3.05, 3.63) is 71.5 Å². The topological polar surface area (TPSA) is 67.3 Å². The summed E-state index contributed by atoms with van der Waals surface area (Å²) in [7, 11) is 1.66. The lowest BCUT2D eigenvalue weighted by molar-refractivity contribution is -0.120. The van der Waals surface area contributed by atoms with Crippen LogP contribution in [0.15, 0.2) is 54.6 Å². The first kappa shape index (κ1) is 22.3. The summed E-state index contributed by atoms with van der Waals surface area (Å²) in [6.45, 7) is 0.895. The van der Waals surface area contributed by atoms with E-state index in [4.69, 9.17) is 9.72 Å². The molecule has 4 rings (SSSR count). The molecule has 1 aliphatic carbocycles. The molecule has 1 aromatic heterocycles. The van der Waals surface area contributed by atoms with E-state index >= 15 is 0 Å². The molecule has 0 spiro atoms. The van der Waals surface area contributed by atoms with Gasteiger partial charge >= 0.3 is 0 Å². The molecule has 0 radical (unpaired) electrons. The molecule has 6 nitrogen and oxygen atoms in total. The number of amides is 1. The maximum Gasteiger partial charge on any atom is 0.239 e. The summed E-state index contributed by atoms with van der Waals surface area (Å²) in [6, 6.07) is 18.4. The standard InChI is InChI=1S/C25H30N4O2S/c1-31-22-14-8-11-20(15-22)16-23-27-25(32-28-23)29(17-19-9-4-2-5-10-19)18-24(30)26-21-12-6-3-7-13-21/h2,4-5,8-11,14-15,21H,3,6-7,12-13,16-18H2,1H3,(H,26,30). The van der Waals surface area contributed by atoms with Crippen LogP contribution in [0.3, 0.4) is 0 Å². The van der Waals surface area contributed by atoms with Crippen molar-refractivity contribution in [2.24, 2.45) is 0 Å². The highest BCUT2D eigenvalue weighted by atomic mass is 32.1. The Hall–Kier alpha value is -2.93. The molecule has 0 bridgehead atoms. The van der Waals surface area contributed by atoms with Gasteiger partial charge in [-0.3, -0.25) is 4.79 Å². The highest BCUT2D eigenvalue weighted by molar-refractivity contribution is 7.09. The second-order valence-corrected chi connectivity index (χ2v) is 9.00. The van der Waals surface area contributed by atoms with Crippen molar-refractivity contribution in [1.29, 1.82) is 0 Å². The smallest absolute Gasteiger partial charge is 0.239 e. The predicted molar refractivity (Wildman–Crippen MR) is 128 cm³/mol. The lowest BCUT2D eigenvalue weighted by Crippen LogP contribution is -2.42. The van der Waals surface area contributed by atoms with E-state index in [9.17, 15) is 4.79 Å². The van der Waals surface area contributed by atoms with Crippen molar-refractivity contribution in [3.8, 4) is 5.75 Å². The van der Waals surface area contributed by atoms with Gasteiger partial charge < -0.3 is 15.0 Å². The largest absolute Gasteiger partial charge is 0.497 e. The number of hydrogen-bond donors (Lipinski definition) is 1. The third kappa shape index (κ3) is 6.29. The SMILES string of the molecule is COc1cccc(Cc2nsc(N(CC(=O)NC3CCCCC3)Cc3ccccc3)n2)c1. The first-order chi connectivity index (χ1) is 15.7. The van der Waals surface area contributed by atoms with Gasteiger partial charge in [0.1, 0.15) is 11.6 Å². The molecule has 0 unspecified atom stereocenters. The van der Waals surface area contributed by atoms with Crippen LogP contribution >= 0.6 is 11.5 Å². The fourth-order valence-corrected chi connectivity index (χ4v) is 4.78. The van der Waals surface area contributed by atoms with E-state index in [0.29, 0.717) is 19.0 Å². The number of nitrogens with one attached hydrogen (secondary N) is 1. The molecule has 32 heavy (non-hydrogen) atoms. The lowest BCUT2D eigenvalue weighted by atomic mass is 9.95. The van der Waals surface area contributed by atoms with Gasteiger partial charge in [0.2, 0.25) is 11.0 Å². The first-order valence-electron chi connectivity index (χ1n) is 11.2. The minimum Gasteiger partial charge on any atom is -0.497 e. The predicted octanol–water partition coefficient (Wildman–Crippen LogP) is 4.59. The first-order valence-corrected chi connectivity index (χ1v) is 12.0. The Labute approximate surface area is 193 Å². The van der Waals surface area contributed by atoms with E-state index in [1.165, 1.54) is 30.8 Å². The number of methoxy groups -OCH3 is 1. The van der Waals surface area contributed by atoms with Crippen molar-refractivity contribution in [2.45, 2.75) is 51.1 Å². The Morgan fingerprint density at radius 1 is 1.09 bits per heavy atom. The third-order valence-electron chi connectivity index (χ3n) is 5.75.